The summed E-state index contributed by atoms with van der Waals surface area (Å²) in [5, 5.41) is 1.17. The number of carbonyl (C=O) groups excluding carboxylic acids is 1. The Morgan fingerprint density at radius 1 is 1.06 bits per heavy atom. The molecule has 0 N–H and O–H groups in total. The van der Waals surface area contributed by atoms with Gasteiger partial charge in [-0.25, -0.2) is 0 Å². The molecule has 4 heteroatoms. The van der Waals surface area contributed by atoms with Crippen molar-refractivity contribution >= 4 is 40.7 Å². The number of ketones is 1. The fraction of sp³-hybridized carbons (Fsp3) is 0.0714. The topological polar surface area (TPSA) is 17.1 Å². The monoisotopic (exact) mass is 296 g/mol. The van der Waals surface area contributed by atoms with Gasteiger partial charge in [-0.3, -0.25) is 4.79 Å². The lowest BCUT2D eigenvalue weighted by Crippen LogP contribution is -2.02. The Kier molecular flexibility index (Phi) is 4.70. The number of carbonyl (C=O) groups is 1. The van der Waals surface area contributed by atoms with Crippen LogP contribution in [0.4, 0.5) is 0 Å². The maximum atomic E-state index is 12.0. The molecule has 18 heavy (non-hydrogen) atoms. The number of thioether (sulfide) groups is 1. The van der Waals surface area contributed by atoms with Gasteiger partial charge in [-0.05, 0) is 30.3 Å². The molecule has 0 spiro atoms. The maximum absolute atomic E-state index is 12.0. The lowest BCUT2D eigenvalue weighted by molar-refractivity contribution is 0.102. The van der Waals surface area contributed by atoms with Gasteiger partial charge in [0.2, 0.25) is 0 Å². The zero-order valence-corrected chi connectivity index (χ0v) is 11.7. The molecule has 2 rings (SSSR count). The fourth-order valence-corrected chi connectivity index (χ4v) is 2.81. The molecule has 1 nitrogen and oxygen atoms in total. The zero-order chi connectivity index (χ0) is 13.0. The predicted molar refractivity (Wildman–Crippen MR) is 78.0 cm³/mol. The number of hydrogen-bond donors (Lipinski definition) is 0. The first-order chi connectivity index (χ1) is 8.66. The van der Waals surface area contributed by atoms with Crippen molar-refractivity contribution in [2.75, 3.05) is 5.75 Å². The first kappa shape index (κ1) is 13.5. The minimum absolute atomic E-state index is 0.0191. The molecule has 2 aromatic carbocycles. The molecular weight excluding hydrogens is 287 g/mol. The van der Waals surface area contributed by atoms with Crippen LogP contribution in [0.5, 0.6) is 0 Å². The minimum atomic E-state index is 0.0191. The largest absolute Gasteiger partial charge is 0.293 e. The van der Waals surface area contributed by atoms with Crippen LogP contribution in [0.15, 0.2) is 53.4 Å². The summed E-state index contributed by atoms with van der Waals surface area (Å²) >= 11 is 13.3. The molecule has 0 radical (unpaired) electrons. The van der Waals surface area contributed by atoms with Crippen molar-refractivity contribution in [2.24, 2.45) is 0 Å². The van der Waals surface area contributed by atoms with Gasteiger partial charge in [0.1, 0.15) is 0 Å². The third-order valence-electron chi connectivity index (χ3n) is 2.34. The lowest BCUT2D eigenvalue weighted by Gasteiger charge is -2.03. The van der Waals surface area contributed by atoms with E-state index >= 15 is 0 Å². The Morgan fingerprint density at radius 3 is 2.56 bits per heavy atom. The first-order valence-corrected chi connectivity index (χ1v) is 7.07. The summed E-state index contributed by atoms with van der Waals surface area (Å²) in [7, 11) is 0. The summed E-state index contributed by atoms with van der Waals surface area (Å²) in [5.41, 5.74) is 0.564. The highest BCUT2D eigenvalue weighted by Crippen LogP contribution is 2.24. The molecule has 2 aromatic rings. The van der Waals surface area contributed by atoms with E-state index in [1.807, 2.05) is 36.4 Å². The van der Waals surface area contributed by atoms with Gasteiger partial charge in [-0.15, -0.1) is 11.8 Å². The molecule has 0 aromatic heterocycles. The van der Waals surface area contributed by atoms with Gasteiger partial charge in [-0.1, -0.05) is 41.4 Å². The van der Waals surface area contributed by atoms with Gasteiger partial charge < -0.3 is 0 Å². The second kappa shape index (κ2) is 6.28. The van der Waals surface area contributed by atoms with E-state index in [2.05, 4.69) is 0 Å². The average molecular weight is 297 g/mol. The molecule has 0 aliphatic carbocycles. The Labute approximate surface area is 120 Å². The number of rotatable bonds is 4. The Hall–Kier alpha value is -0.960. The molecule has 0 aliphatic heterocycles. The number of halogens is 2. The van der Waals surface area contributed by atoms with Gasteiger partial charge >= 0.3 is 0 Å². The van der Waals surface area contributed by atoms with Crippen molar-refractivity contribution < 1.29 is 4.79 Å². The van der Waals surface area contributed by atoms with Gasteiger partial charge in [0.25, 0.3) is 0 Å². The van der Waals surface area contributed by atoms with E-state index in [-0.39, 0.29) is 5.78 Å². The Balaban J connectivity index is 2.03. The van der Waals surface area contributed by atoms with E-state index in [4.69, 9.17) is 23.2 Å². The fourth-order valence-electron chi connectivity index (χ4n) is 1.47. The normalized spacial score (nSPS) is 10.3. The van der Waals surface area contributed by atoms with Crippen molar-refractivity contribution in [3.8, 4) is 0 Å². The number of benzene rings is 2. The van der Waals surface area contributed by atoms with Crippen LogP contribution in [0.2, 0.25) is 10.0 Å². The molecule has 0 fully saturated rings. The second-order valence-electron chi connectivity index (χ2n) is 3.65. The van der Waals surface area contributed by atoms with Gasteiger partial charge in [-0.2, -0.15) is 0 Å². The lowest BCUT2D eigenvalue weighted by atomic mass is 10.1. The molecular formula is C14H10Cl2OS. The van der Waals surface area contributed by atoms with Crippen molar-refractivity contribution in [1.82, 2.24) is 0 Å². The summed E-state index contributed by atoms with van der Waals surface area (Å²) < 4.78 is 0. The summed E-state index contributed by atoms with van der Waals surface area (Å²) in [6.45, 7) is 0. The Morgan fingerprint density at radius 2 is 1.83 bits per heavy atom. The van der Waals surface area contributed by atoms with E-state index in [1.54, 1.807) is 12.1 Å². The van der Waals surface area contributed by atoms with Crippen LogP contribution in [0, 0.1) is 0 Å². The summed E-state index contributed by atoms with van der Waals surface area (Å²) in [6.07, 6.45) is 0. The summed E-state index contributed by atoms with van der Waals surface area (Å²) in [6, 6.07) is 14.5. The standard InChI is InChI=1S/C14H10Cl2OS/c15-10-4-3-5-11(8-10)18-9-14(17)12-6-1-2-7-13(12)16/h1-8H,9H2. The highest BCUT2D eigenvalue weighted by Gasteiger charge is 2.10. The summed E-state index contributed by atoms with van der Waals surface area (Å²) in [5.74, 6) is 0.370. The predicted octanol–water partition coefficient (Wildman–Crippen LogP) is 4.97. The van der Waals surface area contributed by atoms with Crippen molar-refractivity contribution in [2.45, 2.75) is 4.90 Å². The molecule has 0 unspecified atom stereocenters. The van der Waals surface area contributed by atoms with E-state index < -0.39 is 0 Å². The molecule has 0 atom stereocenters. The molecule has 0 saturated carbocycles. The van der Waals surface area contributed by atoms with Crippen molar-refractivity contribution in [3.63, 3.8) is 0 Å². The molecule has 92 valence electrons. The van der Waals surface area contributed by atoms with Crippen molar-refractivity contribution in [1.29, 1.82) is 0 Å². The molecule has 0 saturated heterocycles. The van der Waals surface area contributed by atoms with Gasteiger partial charge in [0, 0.05) is 15.5 Å². The summed E-state index contributed by atoms with van der Waals surface area (Å²) in [4.78, 5) is 13.0. The van der Waals surface area contributed by atoms with Gasteiger partial charge in [0.15, 0.2) is 5.78 Å². The minimum Gasteiger partial charge on any atom is -0.293 e. The van der Waals surface area contributed by atoms with E-state index in [9.17, 15) is 4.79 Å². The maximum Gasteiger partial charge on any atom is 0.174 e. The Bertz CT molecular complexity index is 569. The van der Waals surface area contributed by atoms with Crippen LogP contribution in [0.25, 0.3) is 0 Å². The molecule has 0 heterocycles. The molecule has 0 amide bonds. The third kappa shape index (κ3) is 3.52. The highest BCUT2D eigenvalue weighted by molar-refractivity contribution is 8.00. The van der Waals surface area contributed by atoms with Crippen LogP contribution in [0.1, 0.15) is 10.4 Å². The van der Waals surface area contributed by atoms with E-state index in [0.717, 1.165) is 4.90 Å². The first-order valence-electron chi connectivity index (χ1n) is 5.33. The highest BCUT2D eigenvalue weighted by atomic mass is 35.5. The average Bonchev–Trinajstić information content (AvgIpc) is 2.37. The van der Waals surface area contributed by atoms with E-state index in [1.165, 1.54) is 11.8 Å². The number of hydrogen-bond acceptors (Lipinski definition) is 2. The molecule has 0 aliphatic rings. The van der Waals surface area contributed by atoms with Crippen LogP contribution < -0.4 is 0 Å². The quantitative estimate of drug-likeness (QED) is 0.585. The molecule has 0 bridgehead atoms. The smallest absolute Gasteiger partial charge is 0.174 e. The zero-order valence-electron chi connectivity index (χ0n) is 9.40. The third-order valence-corrected chi connectivity index (χ3v) is 3.90. The second-order valence-corrected chi connectivity index (χ2v) is 5.54. The van der Waals surface area contributed by atoms with Crippen LogP contribution in [-0.2, 0) is 0 Å². The van der Waals surface area contributed by atoms with Crippen LogP contribution in [0.3, 0.4) is 0 Å². The van der Waals surface area contributed by atoms with Crippen LogP contribution >= 0.6 is 35.0 Å². The van der Waals surface area contributed by atoms with Gasteiger partial charge in [0.05, 0.1) is 10.8 Å². The number of Topliss-reactive ketones (excluding diaryl/α,β-unsaturated/α-hetero) is 1. The van der Waals surface area contributed by atoms with E-state index in [0.29, 0.717) is 21.4 Å². The van der Waals surface area contributed by atoms with Crippen molar-refractivity contribution in [3.05, 3.63) is 64.1 Å². The SMILES string of the molecule is O=C(CSc1cccc(Cl)c1)c1ccccc1Cl. The van der Waals surface area contributed by atoms with Crippen LogP contribution in [-0.4, -0.2) is 11.5 Å².